The molecule has 1 atom stereocenters. The van der Waals surface area contributed by atoms with Crippen molar-refractivity contribution in [3.8, 4) is 0 Å². The zero-order valence-electron chi connectivity index (χ0n) is 12.7. The molecule has 1 saturated heterocycles. The highest BCUT2D eigenvalue weighted by Gasteiger charge is 2.29. The summed E-state index contributed by atoms with van der Waals surface area (Å²) in [7, 11) is 2.04. The van der Waals surface area contributed by atoms with Gasteiger partial charge in [-0.2, -0.15) is 0 Å². The van der Waals surface area contributed by atoms with Crippen molar-refractivity contribution in [1.29, 1.82) is 0 Å². The van der Waals surface area contributed by atoms with Gasteiger partial charge in [0.2, 0.25) is 5.91 Å². The van der Waals surface area contributed by atoms with E-state index in [2.05, 4.69) is 10.2 Å². The molecule has 0 saturated carbocycles. The topological polar surface area (TPSA) is 32.3 Å². The van der Waals surface area contributed by atoms with E-state index < -0.39 is 11.4 Å². The first-order valence-corrected chi connectivity index (χ1v) is 7.65. The molecule has 1 aliphatic rings. The number of hydrogen-bond donors (Lipinski definition) is 1. The van der Waals surface area contributed by atoms with Crippen molar-refractivity contribution >= 4 is 17.5 Å². The molecule has 5 heteroatoms. The van der Waals surface area contributed by atoms with Gasteiger partial charge in [0.1, 0.15) is 5.82 Å². The van der Waals surface area contributed by atoms with E-state index in [4.69, 9.17) is 11.6 Å². The van der Waals surface area contributed by atoms with Gasteiger partial charge in [0.25, 0.3) is 0 Å². The number of carbonyl (C=O) groups excluding carboxylic acids is 1. The molecule has 0 aliphatic carbocycles. The van der Waals surface area contributed by atoms with Crippen molar-refractivity contribution in [3.63, 3.8) is 0 Å². The summed E-state index contributed by atoms with van der Waals surface area (Å²) in [5, 5.41) is 3.04. The molecule has 1 amide bonds. The van der Waals surface area contributed by atoms with E-state index in [1.807, 2.05) is 20.9 Å². The monoisotopic (exact) mass is 312 g/mol. The third-order valence-corrected chi connectivity index (χ3v) is 4.55. The fourth-order valence-corrected chi connectivity index (χ4v) is 3.27. The van der Waals surface area contributed by atoms with Crippen LogP contribution in [0.2, 0.25) is 5.02 Å². The average Bonchev–Trinajstić information content (AvgIpc) is 2.77. The van der Waals surface area contributed by atoms with Crippen molar-refractivity contribution in [3.05, 3.63) is 34.6 Å². The summed E-state index contributed by atoms with van der Waals surface area (Å²) in [6, 6.07) is 4.96. The summed E-state index contributed by atoms with van der Waals surface area (Å²) in [6.07, 6.45) is 2.64. The van der Waals surface area contributed by atoms with Crippen LogP contribution in [0.25, 0.3) is 0 Å². The van der Waals surface area contributed by atoms with E-state index in [-0.39, 0.29) is 10.9 Å². The van der Waals surface area contributed by atoms with Crippen molar-refractivity contribution in [2.45, 2.75) is 44.7 Å². The molecule has 0 radical (unpaired) electrons. The average molecular weight is 313 g/mol. The molecule has 1 fully saturated rings. The van der Waals surface area contributed by atoms with E-state index in [0.717, 1.165) is 19.4 Å². The van der Waals surface area contributed by atoms with E-state index in [0.29, 0.717) is 18.0 Å². The smallest absolute Gasteiger partial charge is 0.222 e. The van der Waals surface area contributed by atoms with Crippen LogP contribution in [0, 0.1) is 5.82 Å². The quantitative estimate of drug-likeness (QED) is 0.925. The molecule has 116 valence electrons. The Morgan fingerprint density at radius 3 is 2.86 bits per heavy atom. The molecule has 0 bridgehead atoms. The van der Waals surface area contributed by atoms with E-state index in [9.17, 15) is 9.18 Å². The van der Waals surface area contributed by atoms with Gasteiger partial charge in [-0.05, 0) is 51.9 Å². The zero-order chi connectivity index (χ0) is 15.6. The minimum atomic E-state index is -0.701. The summed E-state index contributed by atoms with van der Waals surface area (Å²) in [4.78, 5) is 14.5. The highest BCUT2D eigenvalue weighted by Crippen LogP contribution is 2.30. The van der Waals surface area contributed by atoms with Gasteiger partial charge in [0, 0.05) is 12.5 Å². The van der Waals surface area contributed by atoms with Gasteiger partial charge in [-0.1, -0.05) is 23.7 Å². The molecule has 1 aromatic rings. The summed E-state index contributed by atoms with van der Waals surface area (Å²) in [6.45, 7) is 4.71. The number of hydrogen-bond acceptors (Lipinski definition) is 2. The van der Waals surface area contributed by atoms with Crippen molar-refractivity contribution in [2.75, 3.05) is 13.6 Å². The first-order valence-electron chi connectivity index (χ1n) is 7.27. The molecule has 0 aromatic heterocycles. The summed E-state index contributed by atoms with van der Waals surface area (Å²) >= 11 is 6.02. The predicted octanol–water partition coefficient (Wildman–Crippen LogP) is 3.31. The van der Waals surface area contributed by atoms with Crippen LogP contribution in [-0.4, -0.2) is 30.4 Å². The lowest BCUT2D eigenvalue weighted by atomic mass is 9.93. The number of benzene rings is 1. The van der Waals surface area contributed by atoms with Gasteiger partial charge in [-0.25, -0.2) is 4.39 Å². The molecular weight excluding hydrogens is 291 g/mol. The minimum Gasteiger partial charge on any atom is -0.347 e. The highest BCUT2D eigenvalue weighted by atomic mass is 35.5. The van der Waals surface area contributed by atoms with Gasteiger partial charge < -0.3 is 10.2 Å². The number of rotatable bonds is 4. The second-order valence-electron chi connectivity index (χ2n) is 6.26. The Bertz CT molecular complexity index is 533. The number of amides is 1. The van der Waals surface area contributed by atoms with Crippen molar-refractivity contribution in [2.24, 2.45) is 0 Å². The number of nitrogens with zero attached hydrogens (tertiary/aromatic N) is 1. The Morgan fingerprint density at radius 2 is 2.24 bits per heavy atom. The Hall–Kier alpha value is -1.13. The third kappa shape index (κ3) is 3.74. The second kappa shape index (κ2) is 6.32. The number of likely N-dealkylation sites (tertiary alicyclic amines) is 1. The molecule has 1 N–H and O–H groups in total. The van der Waals surface area contributed by atoms with Gasteiger partial charge in [-0.15, -0.1) is 0 Å². The lowest BCUT2D eigenvalue weighted by molar-refractivity contribution is -0.123. The SMILES string of the molecule is CN1CCC[C@H]1CC(=O)NC(C)(C)c1cccc(F)c1Cl. The normalized spacial score (nSPS) is 19.8. The van der Waals surface area contributed by atoms with Crippen LogP contribution in [0.1, 0.15) is 38.7 Å². The maximum Gasteiger partial charge on any atom is 0.222 e. The Balaban J connectivity index is 2.06. The van der Waals surface area contributed by atoms with E-state index >= 15 is 0 Å². The lowest BCUT2D eigenvalue weighted by Gasteiger charge is -2.29. The Morgan fingerprint density at radius 1 is 1.52 bits per heavy atom. The molecular formula is C16H22ClFN2O. The van der Waals surface area contributed by atoms with Gasteiger partial charge >= 0.3 is 0 Å². The van der Waals surface area contributed by atoms with Crippen molar-refractivity contribution in [1.82, 2.24) is 10.2 Å². The summed E-state index contributed by atoms with van der Waals surface area (Å²) in [5.41, 5.74) is -0.106. The number of carbonyl (C=O) groups is 1. The lowest BCUT2D eigenvalue weighted by Crippen LogP contribution is -2.43. The molecule has 1 heterocycles. The van der Waals surface area contributed by atoms with Crippen LogP contribution >= 0.6 is 11.6 Å². The van der Waals surface area contributed by atoms with Crippen LogP contribution in [-0.2, 0) is 10.3 Å². The number of halogens is 2. The molecule has 1 aromatic carbocycles. The number of nitrogens with one attached hydrogen (secondary N) is 1. The van der Waals surface area contributed by atoms with Crippen molar-refractivity contribution < 1.29 is 9.18 Å². The molecule has 0 unspecified atom stereocenters. The predicted molar refractivity (Wildman–Crippen MR) is 82.8 cm³/mol. The molecule has 2 rings (SSSR count). The third-order valence-electron chi connectivity index (χ3n) is 4.17. The zero-order valence-corrected chi connectivity index (χ0v) is 13.5. The maximum absolute atomic E-state index is 13.6. The largest absolute Gasteiger partial charge is 0.347 e. The first-order chi connectivity index (χ1) is 9.81. The maximum atomic E-state index is 13.6. The van der Waals surface area contributed by atoms with Gasteiger partial charge in [-0.3, -0.25) is 4.79 Å². The summed E-state index contributed by atoms with van der Waals surface area (Å²) < 4.78 is 13.6. The van der Waals surface area contributed by atoms with Gasteiger partial charge in [0.05, 0.1) is 10.6 Å². The van der Waals surface area contributed by atoms with Crippen LogP contribution in [0.5, 0.6) is 0 Å². The fraction of sp³-hybridized carbons (Fsp3) is 0.562. The van der Waals surface area contributed by atoms with E-state index in [1.165, 1.54) is 6.07 Å². The Kier molecular flexibility index (Phi) is 4.89. The van der Waals surface area contributed by atoms with Crippen LogP contribution in [0.15, 0.2) is 18.2 Å². The molecule has 1 aliphatic heterocycles. The minimum absolute atomic E-state index is 0.0286. The second-order valence-corrected chi connectivity index (χ2v) is 6.63. The highest BCUT2D eigenvalue weighted by molar-refractivity contribution is 6.31. The van der Waals surface area contributed by atoms with Crippen LogP contribution in [0.4, 0.5) is 4.39 Å². The first kappa shape index (κ1) is 16.2. The summed E-state index contributed by atoms with van der Waals surface area (Å²) in [5.74, 6) is -0.494. The van der Waals surface area contributed by atoms with Crippen LogP contribution in [0.3, 0.4) is 0 Å². The van der Waals surface area contributed by atoms with Crippen LogP contribution < -0.4 is 5.32 Å². The molecule has 0 spiro atoms. The fourth-order valence-electron chi connectivity index (χ4n) is 2.90. The van der Waals surface area contributed by atoms with E-state index in [1.54, 1.807) is 12.1 Å². The Labute approximate surface area is 130 Å². The van der Waals surface area contributed by atoms with Gasteiger partial charge in [0.15, 0.2) is 0 Å². The molecule has 3 nitrogen and oxygen atoms in total. The standard InChI is InChI=1S/C16H22ClFN2O/c1-16(2,12-7-4-8-13(18)15(12)17)19-14(21)10-11-6-5-9-20(11)3/h4,7-8,11H,5-6,9-10H2,1-3H3,(H,19,21)/t11-/m0/s1. The molecule has 21 heavy (non-hydrogen) atoms.